The third kappa shape index (κ3) is 43.0. The fourth-order valence-electron chi connectivity index (χ4n) is 9.48. The molecule has 1 heterocycles. The molecule has 0 aromatic heterocycles. The molecule has 0 bridgehead atoms. The molecule has 454 valence electrons. The van der Waals surface area contributed by atoms with E-state index in [-0.39, 0.29) is 19.4 Å². The summed E-state index contributed by atoms with van der Waals surface area (Å²) in [6.07, 6.45) is 63.0. The van der Waals surface area contributed by atoms with Gasteiger partial charge in [0.2, 0.25) is 5.91 Å². The highest BCUT2D eigenvalue weighted by atomic mass is 16.7. The van der Waals surface area contributed by atoms with E-state index in [2.05, 4.69) is 111 Å². The van der Waals surface area contributed by atoms with Gasteiger partial charge in [0, 0.05) is 6.42 Å². The van der Waals surface area contributed by atoms with Gasteiger partial charge in [-0.3, -0.25) is 9.59 Å². The Morgan fingerprint density at radius 3 is 1.37 bits per heavy atom. The first kappa shape index (κ1) is 73.6. The van der Waals surface area contributed by atoms with E-state index in [9.17, 15) is 35.1 Å². The molecule has 0 aromatic rings. The fraction of sp³-hybridized carbons (Fsp3) is 0.735. The summed E-state index contributed by atoms with van der Waals surface area (Å²) in [5.74, 6) is -1.21. The number of esters is 1. The van der Waals surface area contributed by atoms with Gasteiger partial charge in [-0.1, -0.05) is 253 Å². The Kier molecular flexibility index (Phi) is 51.4. The van der Waals surface area contributed by atoms with E-state index in [1.165, 1.54) is 77.0 Å². The van der Waals surface area contributed by atoms with Crippen molar-refractivity contribution < 1.29 is 49.3 Å². The molecule has 8 atom stereocenters. The predicted molar refractivity (Wildman–Crippen MR) is 329 cm³/mol. The van der Waals surface area contributed by atoms with Crippen LogP contribution in [-0.2, 0) is 23.8 Å². The zero-order valence-electron chi connectivity index (χ0n) is 50.2. The second kappa shape index (κ2) is 55.1. The molecule has 6 N–H and O–H groups in total. The summed E-state index contributed by atoms with van der Waals surface area (Å²) in [4.78, 5) is 26.6. The summed E-state index contributed by atoms with van der Waals surface area (Å²) in [6.45, 7) is 5.56. The molecule has 0 saturated carbocycles. The number of nitrogens with one attached hydrogen (secondary N) is 1. The fourth-order valence-corrected chi connectivity index (χ4v) is 9.48. The van der Waals surface area contributed by atoms with Gasteiger partial charge in [0.1, 0.15) is 24.4 Å². The number of carbonyl (C=O) groups is 2. The second-order valence-corrected chi connectivity index (χ2v) is 21.7. The average Bonchev–Trinajstić information content (AvgIpc) is 3.49. The van der Waals surface area contributed by atoms with E-state index in [1.807, 2.05) is 6.08 Å². The number of hydrogen-bond acceptors (Lipinski definition) is 10. The SMILES string of the molecule is CC/C=C\C/C=C\C/C=C\C/C=C\C/C=C\CCCCCCCCCCCC(=O)OC1C(OCC(NC(=O)C(O)CCCCCCCC/C=C/C/C=C/CC)C(O)/C=C/CCCCCCCCCCCC)OC(CO)C(O)C1O. The Morgan fingerprint density at radius 2 is 0.911 bits per heavy atom. The molecule has 1 aliphatic rings. The van der Waals surface area contributed by atoms with Crippen LogP contribution in [0.4, 0.5) is 0 Å². The highest BCUT2D eigenvalue weighted by Gasteiger charge is 2.47. The summed E-state index contributed by atoms with van der Waals surface area (Å²) in [7, 11) is 0. The molecule has 1 saturated heterocycles. The normalized spacial score (nSPS) is 19.5. The van der Waals surface area contributed by atoms with Crippen molar-refractivity contribution in [2.45, 2.75) is 307 Å². The maximum absolute atomic E-state index is 13.4. The summed E-state index contributed by atoms with van der Waals surface area (Å²) < 4.78 is 17.6. The molecular formula is C68H117NO10. The van der Waals surface area contributed by atoms with Crippen LogP contribution in [0.15, 0.2) is 97.2 Å². The minimum atomic E-state index is -1.62. The van der Waals surface area contributed by atoms with Gasteiger partial charge in [0.05, 0.1) is 25.4 Å². The quantitative estimate of drug-likeness (QED) is 0.0195. The van der Waals surface area contributed by atoms with E-state index < -0.39 is 67.4 Å². The Balaban J connectivity index is 2.61. The standard InChI is InChI=1S/C68H117NO10/c1-4-7-10-13-16-19-22-25-26-27-28-29-30-31-32-33-34-35-36-38-41-44-47-50-53-56-63(73)79-66-65(75)64(74)62(57-70)78-68(66)77-58-59(60(71)54-51-48-45-42-39-24-21-18-15-12-9-6-3)69-67(76)61(72)55-52-49-46-43-40-37-23-20-17-14-11-8-5-2/h7-8,10-11,16-17,19-20,25-26,28-29,31-32,51,54,59-62,64-66,68,70-72,74-75H,4-6,9,12-15,18,21-24,27,30,33-50,52-53,55-58H2,1-3H3,(H,69,76)/b10-7-,11-8+,19-16-,20-17+,26-25-,29-28-,32-31-,54-51+. The van der Waals surface area contributed by atoms with Crippen LogP contribution in [0.3, 0.4) is 0 Å². The van der Waals surface area contributed by atoms with Crippen molar-refractivity contribution in [3.8, 4) is 0 Å². The first-order valence-electron chi connectivity index (χ1n) is 32.0. The molecule has 0 spiro atoms. The lowest BCUT2D eigenvalue weighted by Crippen LogP contribution is -2.61. The lowest BCUT2D eigenvalue weighted by atomic mass is 9.99. The largest absolute Gasteiger partial charge is 0.454 e. The van der Waals surface area contributed by atoms with Crippen LogP contribution in [0.1, 0.15) is 258 Å². The number of unbranched alkanes of at least 4 members (excludes halogenated alkanes) is 25. The molecule has 11 heteroatoms. The number of ether oxygens (including phenoxy) is 3. The molecule has 1 fully saturated rings. The molecular weight excluding hydrogens is 991 g/mol. The molecule has 0 aromatic carbocycles. The Hall–Kier alpha value is -3.42. The predicted octanol–water partition coefficient (Wildman–Crippen LogP) is 15.5. The number of rotatable bonds is 53. The van der Waals surface area contributed by atoms with Gasteiger partial charge in [-0.15, -0.1) is 0 Å². The number of amides is 1. The van der Waals surface area contributed by atoms with Crippen molar-refractivity contribution in [1.29, 1.82) is 0 Å². The van der Waals surface area contributed by atoms with Gasteiger partial charge in [-0.25, -0.2) is 0 Å². The lowest BCUT2D eigenvalue weighted by molar-refractivity contribution is -0.305. The van der Waals surface area contributed by atoms with Crippen molar-refractivity contribution in [3.05, 3.63) is 97.2 Å². The highest BCUT2D eigenvalue weighted by molar-refractivity contribution is 5.80. The van der Waals surface area contributed by atoms with E-state index in [0.29, 0.717) is 12.8 Å². The molecule has 1 rings (SSSR count). The topological polar surface area (TPSA) is 175 Å². The van der Waals surface area contributed by atoms with Crippen molar-refractivity contribution >= 4 is 11.9 Å². The van der Waals surface area contributed by atoms with E-state index in [1.54, 1.807) is 6.08 Å². The lowest BCUT2D eigenvalue weighted by Gasteiger charge is -2.41. The minimum Gasteiger partial charge on any atom is -0.454 e. The van der Waals surface area contributed by atoms with Gasteiger partial charge < -0.3 is 45.1 Å². The first-order valence-corrected chi connectivity index (χ1v) is 32.0. The maximum atomic E-state index is 13.4. The zero-order chi connectivity index (χ0) is 57.5. The molecule has 11 nitrogen and oxygen atoms in total. The molecule has 79 heavy (non-hydrogen) atoms. The van der Waals surface area contributed by atoms with E-state index in [4.69, 9.17) is 14.2 Å². The molecule has 0 radical (unpaired) electrons. The summed E-state index contributed by atoms with van der Waals surface area (Å²) in [5, 5.41) is 57.0. The van der Waals surface area contributed by atoms with Crippen LogP contribution in [0.5, 0.6) is 0 Å². The number of aliphatic hydroxyl groups is 5. The monoisotopic (exact) mass is 1110 g/mol. The van der Waals surface area contributed by atoms with Crippen LogP contribution in [0.2, 0.25) is 0 Å². The number of hydrogen-bond donors (Lipinski definition) is 6. The van der Waals surface area contributed by atoms with Gasteiger partial charge >= 0.3 is 5.97 Å². The van der Waals surface area contributed by atoms with Crippen molar-refractivity contribution in [3.63, 3.8) is 0 Å². The van der Waals surface area contributed by atoms with Crippen LogP contribution in [0.25, 0.3) is 0 Å². The summed E-state index contributed by atoms with van der Waals surface area (Å²) in [5.41, 5.74) is 0. The molecule has 8 unspecified atom stereocenters. The second-order valence-electron chi connectivity index (χ2n) is 21.7. The van der Waals surface area contributed by atoms with E-state index >= 15 is 0 Å². The smallest absolute Gasteiger partial charge is 0.306 e. The third-order valence-corrected chi connectivity index (χ3v) is 14.5. The van der Waals surface area contributed by atoms with Gasteiger partial charge in [-0.2, -0.15) is 0 Å². The number of aliphatic hydroxyl groups excluding tert-OH is 5. The van der Waals surface area contributed by atoms with Crippen molar-refractivity contribution in [1.82, 2.24) is 5.32 Å². The van der Waals surface area contributed by atoms with Crippen LogP contribution in [-0.4, -0.2) is 99.6 Å². The van der Waals surface area contributed by atoms with Gasteiger partial charge in [-0.05, 0) is 96.3 Å². The molecule has 0 aliphatic carbocycles. The molecule has 1 aliphatic heterocycles. The highest BCUT2D eigenvalue weighted by Crippen LogP contribution is 2.26. The minimum absolute atomic E-state index is 0.111. The Labute approximate surface area is 482 Å². The Bertz CT molecular complexity index is 1650. The Morgan fingerprint density at radius 1 is 0.506 bits per heavy atom. The van der Waals surface area contributed by atoms with Crippen molar-refractivity contribution in [2.75, 3.05) is 13.2 Å². The van der Waals surface area contributed by atoms with Crippen molar-refractivity contribution in [2.24, 2.45) is 0 Å². The third-order valence-electron chi connectivity index (χ3n) is 14.5. The van der Waals surface area contributed by atoms with Crippen LogP contribution < -0.4 is 5.32 Å². The summed E-state index contributed by atoms with van der Waals surface area (Å²) >= 11 is 0. The van der Waals surface area contributed by atoms with E-state index in [0.717, 1.165) is 135 Å². The summed E-state index contributed by atoms with van der Waals surface area (Å²) in [6, 6.07) is -1.03. The van der Waals surface area contributed by atoms with Gasteiger partial charge in [0.25, 0.3) is 0 Å². The number of allylic oxidation sites excluding steroid dienone is 15. The van der Waals surface area contributed by atoms with Crippen LogP contribution >= 0.6 is 0 Å². The van der Waals surface area contributed by atoms with Crippen LogP contribution in [0, 0.1) is 0 Å². The molecule has 1 amide bonds. The van der Waals surface area contributed by atoms with Gasteiger partial charge in [0.15, 0.2) is 12.4 Å². The number of carbonyl (C=O) groups excluding carboxylic acids is 2. The first-order chi connectivity index (χ1) is 38.7. The maximum Gasteiger partial charge on any atom is 0.306 e. The average molecular weight is 1110 g/mol. The zero-order valence-corrected chi connectivity index (χ0v) is 50.2.